The van der Waals surface area contributed by atoms with Crippen molar-refractivity contribution in [1.29, 1.82) is 0 Å². The summed E-state index contributed by atoms with van der Waals surface area (Å²) in [6.45, 7) is 2.49. The molecule has 0 saturated carbocycles. The molecule has 0 heterocycles. The molecule has 0 radical (unpaired) electrons. The number of methoxy groups -OCH3 is 2. The summed E-state index contributed by atoms with van der Waals surface area (Å²) >= 11 is 11.9. The topological polar surface area (TPSA) is 50.8 Å². The summed E-state index contributed by atoms with van der Waals surface area (Å²) in [7, 11) is 5.36. The van der Waals surface area contributed by atoms with Crippen LogP contribution in [0.3, 0.4) is 0 Å². The predicted octanol–water partition coefficient (Wildman–Crippen LogP) is 5.09. The number of hydrogen-bond donors (Lipinski definition) is 1. The standard InChI is InChI=1S/C24H30Cl2N2O3/c1-28(15-12-19-9-11-22(30-2)23(17-19)31-3)14-5-13-27-24(29)7-4-6-18-8-10-20(25)21(26)16-18/h4,6,8-11,16-17H,5,7,12-15H2,1-3H3,(H,27,29). The monoisotopic (exact) mass is 464 g/mol. The minimum atomic E-state index is 0.00397. The van der Waals surface area contributed by atoms with Crippen molar-refractivity contribution in [3.63, 3.8) is 0 Å². The van der Waals surface area contributed by atoms with Crippen molar-refractivity contribution in [2.24, 2.45) is 0 Å². The van der Waals surface area contributed by atoms with Gasteiger partial charge in [0.2, 0.25) is 5.91 Å². The van der Waals surface area contributed by atoms with E-state index >= 15 is 0 Å². The van der Waals surface area contributed by atoms with Crippen LogP contribution in [0.4, 0.5) is 0 Å². The van der Waals surface area contributed by atoms with E-state index in [1.54, 1.807) is 26.4 Å². The highest BCUT2D eigenvalue weighted by atomic mass is 35.5. The average molecular weight is 465 g/mol. The Balaban J connectivity index is 1.62. The molecule has 7 heteroatoms. The van der Waals surface area contributed by atoms with Crippen LogP contribution >= 0.6 is 23.2 Å². The number of nitrogens with zero attached hydrogens (tertiary/aromatic N) is 1. The molecule has 1 amide bonds. The van der Waals surface area contributed by atoms with Crippen molar-refractivity contribution in [3.8, 4) is 11.5 Å². The second kappa shape index (κ2) is 13.3. The summed E-state index contributed by atoms with van der Waals surface area (Å²) in [6, 6.07) is 11.4. The first-order chi connectivity index (χ1) is 14.9. The van der Waals surface area contributed by atoms with Crippen molar-refractivity contribution in [2.45, 2.75) is 19.3 Å². The van der Waals surface area contributed by atoms with E-state index in [0.717, 1.165) is 43.0 Å². The normalized spacial score (nSPS) is 11.2. The number of carbonyl (C=O) groups excluding carboxylic acids is 1. The van der Waals surface area contributed by atoms with Crippen LogP contribution in [0, 0.1) is 0 Å². The van der Waals surface area contributed by atoms with E-state index in [4.69, 9.17) is 32.7 Å². The molecule has 0 aromatic heterocycles. The average Bonchev–Trinajstić information content (AvgIpc) is 2.77. The van der Waals surface area contributed by atoms with Crippen LogP contribution < -0.4 is 14.8 Å². The predicted molar refractivity (Wildman–Crippen MR) is 128 cm³/mol. The Hall–Kier alpha value is -2.21. The van der Waals surface area contributed by atoms with Crippen molar-refractivity contribution in [2.75, 3.05) is 40.9 Å². The van der Waals surface area contributed by atoms with E-state index in [0.29, 0.717) is 23.0 Å². The van der Waals surface area contributed by atoms with E-state index in [2.05, 4.69) is 23.3 Å². The maximum atomic E-state index is 12.0. The molecular formula is C24H30Cl2N2O3. The molecule has 1 N–H and O–H groups in total. The van der Waals surface area contributed by atoms with Crippen molar-refractivity contribution in [1.82, 2.24) is 10.2 Å². The number of likely N-dealkylation sites (N-methyl/N-ethyl adjacent to an activating group) is 1. The number of nitrogens with one attached hydrogen (secondary N) is 1. The first-order valence-corrected chi connectivity index (χ1v) is 11.0. The maximum Gasteiger partial charge on any atom is 0.223 e. The fourth-order valence-corrected chi connectivity index (χ4v) is 3.34. The van der Waals surface area contributed by atoms with Crippen LogP contribution in [0.2, 0.25) is 10.0 Å². The van der Waals surface area contributed by atoms with Crippen molar-refractivity contribution in [3.05, 3.63) is 63.6 Å². The minimum Gasteiger partial charge on any atom is -0.493 e. The Morgan fingerprint density at radius 2 is 1.81 bits per heavy atom. The molecule has 0 atom stereocenters. The van der Waals surface area contributed by atoms with Gasteiger partial charge in [-0.2, -0.15) is 0 Å². The molecule has 0 fully saturated rings. The lowest BCUT2D eigenvalue weighted by Gasteiger charge is -2.17. The fraction of sp³-hybridized carbons (Fsp3) is 0.375. The Morgan fingerprint density at radius 3 is 2.52 bits per heavy atom. The Bertz CT molecular complexity index is 887. The van der Waals surface area contributed by atoms with Crippen LogP contribution in [0.1, 0.15) is 24.0 Å². The summed E-state index contributed by atoms with van der Waals surface area (Å²) in [5, 5.41) is 3.97. The number of amides is 1. The van der Waals surface area contributed by atoms with Gasteiger partial charge in [-0.05, 0) is 61.8 Å². The highest BCUT2D eigenvalue weighted by molar-refractivity contribution is 6.42. The lowest BCUT2D eigenvalue weighted by molar-refractivity contribution is -0.120. The molecule has 31 heavy (non-hydrogen) atoms. The van der Waals surface area contributed by atoms with Crippen molar-refractivity contribution >= 4 is 35.2 Å². The Labute approximate surface area is 194 Å². The molecule has 0 bridgehead atoms. The van der Waals surface area contributed by atoms with Gasteiger partial charge in [-0.3, -0.25) is 4.79 Å². The largest absolute Gasteiger partial charge is 0.493 e. The van der Waals surface area contributed by atoms with E-state index in [1.165, 1.54) is 5.56 Å². The van der Waals surface area contributed by atoms with E-state index < -0.39 is 0 Å². The summed E-state index contributed by atoms with van der Waals surface area (Å²) in [6.07, 6.45) is 5.83. The lowest BCUT2D eigenvalue weighted by Crippen LogP contribution is -2.28. The third-order valence-electron chi connectivity index (χ3n) is 4.83. The number of halogens is 2. The molecule has 0 aliphatic carbocycles. The quantitative estimate of drug-likeness (QED) is 0.444. The lowest BCUT2D eigenvalue weighted by atomic mass is 10.1. The SMILES string of the molecule is COc1ccc(CCN(C)CCCNC(=O)CC=Cc2ccc(Cl)c(Cl)c2)cc1OC. The molecule has 2 aromatic carbocycles. The van der Waals surface area contributed by atoms with Crippen LogP contribution in [-0.2, 0) is 11.2 Å². The zero-order chi connectivity index (χ0) is 22.6. The number of rotatable bonds is 12. The first-order valence-electron chi connectivity index (χ1n) is 10.2. The molecule has 0 spiro atoms. The fourth-order valence-electron chi connectivity index (χ4n) is 3.03. The second-order valence-corrected chi connectivity index (χ2v) is 8.04. The smallest absolute Gasteiger partial charge is 0.223 e. The molecule has 2 aromatic rings. The first kappa shape index (κ1) is 25.1. The summed E-state index contributed by atoms with van der Waals surface area (Å²) < 4.78 is 10.6. The summed E-state index contributed by atoms with van der Waals surface area (Å²) in [5.74, 6) is 1.49. The molecule has 0 aliphatic heterocycles. The molecular weight excluding hydrogens is 435 g/mol. The van der Waals surface area contributed by atoms with Gasteiger partial charge < -0.3 is 19.7 Å². The molecule has 2 rings (SSSR count). The molecule has 5 nitrogen and oxygen atoms in total. The Morgan fingerprint density at radius 1 is 1.03 bits per heavy atom. The van der Waals surface area contributed by atoms with Gasteiger partial charge in [-0.25, -0.2) is 0 Å². The van der Waals surface area contributed by atoms with E-state index in [1.807, 2.05) is 30.4 Å². The van der Waals surface area contributed by atoms with Gasteiger partial charge in [-0.15, -0.1) is 0 Å². The summed E-state index contributed by atoms with van der Waals surface area (Å²) in [5.41, 5.74) is 2.12. The second-order valence-electron chi connectivity index (χ2n) is 7.23. The van der Waals surface area contributed by atoms with Crippen molar-refractivity contribution < 1.29 is 14.3 Å². The minimum absolute atomic E-state index is 0.00397. The summed E-state index contributed by atoms with van der Waals surface area (Å²) in [4.78, 5) is 14.2. The van der Waals surface area contributed by atoms with E-state index in [9.17, 15) is 4.79 Å². The third-order valence-corrected chi connectivity index (χ3v) is 5.57. The number of ether oxygens (including phenoxy) is 2. The maximum absolute atomic E-state index is 12.0. The van der Waals surface area contributed by atoms with Gasteiger partial charge in [0.1, 0.15) is 0 Å². The van der Waals surface area contributed by atoms with Gasteiger partial charge in [0.05, 0.1) is 24.3 Å². The molecule has 0 saturated heterocycles. The van der Waals surface area contributed by atoms with Crippen LogP contribution in [0.25, 0.3) is 6.08 Å². The van der Waals surface area contributed by atoms with Gasteiger partial charge in [0.25, 0.3) is 0 Å². The number of benzene rings is 2. The van der Waals surface area contributed by atoms with E-state index in [-0.39, 0.29) is 5.91 Å². The van der Waals surface area contributed by atoms with Crippen LogP contribution in [0.15, 0.2) is 42.5 Å². The molecule has 0 aliphatic rings. The highest BCUT2D eigenvalue weighted by Gasteiger charge is 2.06. The zero-order valence-corrected chi connectivity index (χ0v) is 19.8. The molecule has 168 valence electrons. The highest BCUT2D eigenvalue weighted by Crippen LogP contribution is 2.27. The Kier molecular flexibility index (Phi) is 10.7. The third kappa shape index (κ3) is 8.82. The van der Waals surface area contributed by atoms with Crippen LogP contribution in [0.5, 0.6) is 11.5 Å². The van der Waals surface area contributed by atoms with Gasteiger partial charge in [0.15, 0.2) is 11.5 Å². The molecule has 0 unspecified atom stereocenters. The zero-order valence-electron chi connectivity index (χ0n) is 18.3. The number of carbonyl (C=O) groups is 1. The number of hydrogen-bond acceptors (Lipinski definition) is 4. The van der Waals surface area contributed by atoms with Gasteiger partial charge in [0, 0.05) is 19.5 Å². The van der Waals surface area contributed by atoms with Gasteiger partial charge in [-0.1, -0.05) is 47.5 Å². The van der Waals surface area contributed by atoms with Crippen LogP contribution in [-0.4, -0.2) is 51.7 Å². The van der Waals surface area contributed by atoms with Gasteiger partial charge >= 0.3 is 0 Å².